The Labute approximate surface area is 128 Å². The lowest BCUT2D eigenvalue weighted by Gasteiger charge is -2.25. The van der Waals surface area contributed by atoms with Gasteiger partial charge in [0.1, 0.15) is 5.75 Å². The van der Waals surface area contributed by atoms with Gasteiger partial charge in [-0.1, -0.05) is 45.8 Å². The molecule has 2 nitrogen and oxygen atoms in total. The predicted octanol–water partition coefficient (Wildman–Crippen LogP) is 4.22. The van der Waals surface area contributed by atoms with Crippen LogP contribution in [0.3, 0.4) is 0 Å². The zero-order chi connectivity index (χ0) is 14.8. The van der Waals surface area contributed by atoms with Crippen molar-refractivity contribution in [2.24, 2.45) is 0 Å². The normalized spacial score (nSPS) is 13.8. The molecule has 0 saturated heterocycles. The quantitative estimate of drug-likeness (QED) is 0.907. The molecule has 0 amide bonds. The first-order valence-electron chi connectivity index (χ1n) is 6.54. The summed E-state index contributed by atoms with van der Waals surface area (Å²) >= 11 is 3.46. The number of aryl methyl sites for hydroxylation is 1. The van der Waals surface area contributed by atoms with E-state index in [2.05, 4.69) is 15.9 Å². The van der Waals surface area contributed by atoms with Crippen molar-refractivity contribution in [1.82, 2.24) is 0 Å². The molecule has 1 N–H and O–H groups in total. The summed E-state index contributed by atoms with van der Waals surface area (Å²) in [5, 5.41) is 10.8. The van der Waals surface area contributed by atoms with Crippen molar-refractivity contribution < 1.29 is 9.84 Å². The molecule has 0 bridgehead atoms. The van der Waals surface area contributed by atoms with Crippen molar-refractivity contribution >= 4 is 15.9 Å². The summed E-state index contributed by atoms with van der Waals surface area (Å²) in [4.78, 5) is 0. The predicted molar refractivity (Wildman–Crippen MR) is 85.1 cm³/mol. The molecule has 2 rings (SSSR count). The summed E-state index contributed by atoms with van der Waals surface area (Å²) in [6.45, 7) is 3.87. The molecule has 0 heterocycles. The minimum absolute atomic E-state index is 0.499. The van der Waals surface area contributed by atoms with E-state index in [1.165, 1.54) is 5.56 Å². The van der Waals surface area contributed by atoms with Crippen LogP contribution in [0.1, 0.15) is 23.6 Å². The Morgan fingerprint density at radius 3 is 2.40 bits per heavy atom. The first-order valence-corrected chi connectivity index (χ1v) is 7.33. The van der Waals surface area contributed by atoms with Crippen LogP contribution in [-0.4, -0.2) is 12.2 Å². The van der Waals surface area contributed by atoms with Crippen molar-refractivity contribution in [3.05, 3.63) is 63.6 Å². The fourth-order valence-corrected chi connectivity index (χ4v) is 2.68. The topological polar surface area (TPSA) is 29.5 Å². The van der Waals surface area contributed by atoms with Crippen LogP contribution in [0.15, 0.2) is 46.9 Å². The molecular weight excluding hydrogens is 316 g/mol. The molecule has 20 heavy (non-hydrogen) atoms. The highest BCUT2D eigenvalue weighted by molar-refractivity contribution is 9.10. The van der Waals surface area contributed by atoms with E-state index in [1.54, 1.807) is 7.11 Å². The Hall–Kier alpha value is -1.32. The molecule has 2 aromatic carbocycles. The molecule has 1 atom stereocenters. The van der Waals surface area contributed by atoms with Crippen LogP contribution in [0.4, 0.5) is 0 Å². The lowest BCUT2D eigenvalue weighted by atomic mass is 9.88. The third kappa shape index (κ3) is 3.41. The van der Waals surface area contributed by atoms with Gasteiger partial charge in [0, 0.05) is 10.9 Å². The van der Waals surface area contributed by atoms with Gasteiger partial charge in [0.25, 0.3) is 0 Å². The van der Waals surface area contributed by atoms with Gasteiger partial charge in [-0.3, -0.25) is 0 Å². The minimum atomic E-state index is -0.929. The van der Waals surface area contributed by atoms with E-state index in [1.807, 2.05) is 56.3 Å². The van der Waals surface area contributed by atoms with Crippen molar-refractivity contribution in [3.8, 4) is 5.75 Å². The second kappa shape index (κ2) is 5.98. The molecule has 3 heteroatoms. The van der Waals surface area contributed by atoms with E-state index in [9.17, 15) is 5.11 Å². The van der Waals surface area contributed by atoms with Crippen LogP contribution in [0, 0.1) is 6.92 Å². The summed E-state index contributed by atoms with van der Waals surface area (Å²) in [7, 11) is 1.65. The fraction of sp³-hybridized carbons (Fsp3) is 0.294. The lowest BCUT2D eigenvalue weighted by Crippen LogP contribution is -2.24. The zero-order valence-electron chi connectivity index (χ0n) is 12.0. The average Bonchev–Trinajstić information content (AvgIpc) is 2.39. The monoisotopic (exact) mass is 334 g/mol. The highest BCUT2D eigenvalue weighted by Crippen LogP contribution is 2.31. The van der Waals surface area contributed by atoms with Gasteiger partial charge in [-0.05, 0) is 43.2 Å². The van der Waals surface area contributed by atoms with E-state index >= 15 is 0 Å². The van der Waals surface area contributed by atoms with Crippen LogP contribution in [0.5, 0.6) is 5.75 Å². The van der Waals surface area contributed by atoms with Gasteiger partial charge in [-0.15, -0.1) is 0 Å². The third-order valence-electron chi connectivity index (χ3n) is 3.45. The molecule has 0 saturated carbocycles. The van der Waals surface area contributed by atoms with E-state index < -0.39 is 5.60 Å². The highest BCUT2D eigenvalue weighted by Gasteiger charge is 2.25. The van der Waals surface area contributed by atoms with Gasteiger partial charge in [-0.25, -0.2) is 0 Å². The number of hydrogen-bond acceptors (Lipinski definition) is 2. The summed E-state index contributed by atoms with van der Waals surface area (Å²) < 4.78 is 6.35. The number of ether oxygens (including phenoxy) is 1. The van der Waals surface area contributed by atoms with Gasteiger partial charge in [-0.2, -0.15) is 0 Å². The van der Waals surface area contributed by atoms with Gasteiger partial charge in [0.15, 0.2) is 0 Å². The Kier molecular flexibility index (Phi) is 4.51. The second-order valence-electron chi connectivity index (χ2n) is 5.27. The first kappa shape index (κ1) is 15.1. The van der Waals surface area contributed by atoms with Gasteiger partial charge in [0.05, 0.1) is 12.7 Å². The Bertz CT molecular complexity index is 588. The summed E-state index contributed by atoms with van der Waals surface area (Å²) in [5.41, 5.74) is 2.14. The maximum Gasteiger partial charge on any atom is 0.122 e. The number of methoxy groups -OCH3 is 1. The molecule has 0 aliphatic heterocycles. The summed E-state index contributed by atoms with van der Waals surface area (Å²) in [6, 6.07) is 13.8. The lowest BCUT2D eigenvalue weighted by molar-refractivity contribution is 0.0569. The Morgan fingerprint density at radius 1 is 1.15 bits per heavy atom. The smallest absolute Gasteiger partial charge is 0.122 e. The zero-order valence-corrected chi connectivity index (χ0v) is 13.6. The molecule has 1 unspecified atom stereocenters. The molecule has 0 aliphatic carbocycles. The first-order chi connectivity index (χ1) is 9.42. The molecule has 0 aliphatic rings. The molecule has 2 aromatic rings. The van der Waals surface area contributed by atoms with Gasteiger partial charge < -0.3 is 9.84 Å². The van der Waals surface area contributed by atoms with Crippen molar-refractivity contribution in [3.63, 3.8) is 0 Å². The molecular formula is C17H19BrO2. The van der Waals surface area contributed by atoms with Crippen LogP contribution < -0.4 is 4.74 Å². The molecule has 0 spiro atoms. The average molecular weight is 335 g/mol. The van der Waals surface area contributed by atoms with Crippen molar-refractivity contribution in [2.45, 2.75) is 25.9 Å². The van der Waals surface area contributed by atoms with E-state index in [-0.39, 0.29) is 0 Å². The SMILES string of the molecule is COc1ccc(Br)cc1CC(C)(O)c1ccc(C)cc1. The second-order valence-corrected chi connectivity index (χ2v) is 6.19. The third-order valence-corrected chi connectivity index (χ3v) is 3.94. The minimum Gasteiger partial charge on any atom is -0.496 e. The number of rotatable bonds is 4. The molecule has 0 radical (unpaired) electrons. The number of aliphatic hydroxyl groups is 1. The Morgan fingerprint density at radius 2 is 1.80 bits per heavy atom. The molecule has 0 aromatic heterocycles. The standard InChI is InChI=1S/C17H19BrO2/c1-12-4-6-14(7-5-12)17(2,19)11-13-10-15(18)8-9-16(13)20-3/h4-10,19H,11H2,1-3H3. The molecule has 106 valence electrons. The maximum atomic E-state index is 10.8. The van der Waals surface area contributed by atoms with E-state index in [0.717, 1.165) is 21.3 Å². The van der Waals surface area contributed by atoms with Crippen LogP contribution in [0.2, 0.25) is 0 Å². The molecule has 0 fully saturated rings. The Balaban J connectivity index is 2.32. The summed E-state index contributed by atoms with van der Waals surface area (Å²) in [6.07, 6.45) is 0.499. The van der Waals surface area contributed by atoms with Crippen LogP contribution in [0.25, 0.3) is 0 Å². The van der Waals surface area contributed by atoms with E-state index in [0.29, 0.717) is 6.42 Å². The van der Waals surface area contributed by atoms with Crippen molar-refractivity contribution in [2.75, 3.05) is 7.11 Å². The summed E-state index contributed by atoms with van der Waals surface area (Å²) in [5.74, 6) is 0.792. The fourth-order valence-electron chi connectivity index (χ4n) is 2.27. The largest absolute Gasteiger partial charge is 0.496 e. The van der Waals surface area contributed by atoms with Gasteiger partial charge in [0.2, 0.25) is 0 Å². The number of hydrogen-bond donors (Lipinski definition) is 1. The number of halogens is 1. The maximum absolute atomic E-state index is 10.8. The van der Waals surface area contributed by atoms with Crippen LogP contribution in [-0.2, 0) is 12.0 Å². The highest BCUT2D eigenvalue weighted by atomic mass is 79.9. The van der Waals surface area contributed by atoms with Crippen molar-refractivity contribution in [1.29, 1.82) is 0 Å². The van der Waals surface area contributed by atoms with E-state index in [4.69, 9.17) is 4.74 Å². The number of benzene rings is 2. The van der Waals surface area contributed by atoms with Gasteiger partial charge >= 0.3 is 0 Å². The van der Waals surface area contributed by atoms with Crippen LogP contribution >= 0.6 is 15.9 Å².